The van der Waals surface area contributed by atoms with Gasteiger partial charge in [0.05, 0.1) is 12.7 Å². The minimum atomic E-state index is -5.83. The molecular weight excluding hydrogens is 477 g/mol. The molecule has 5 atom stereocenters. The summed E-state index contributed by atoms with van der Waals surface area (Å²) in [5.41, 5.74) is -6.63. The molecule has 0 N–H and O–H groups in total. The number of methoxy groups -OCH3 is 1. The van der Waals surface area contributed by atoms with E-state index >= 15 is 0 Å². The molecule has 0 unspecified atom stereocenters. The molecule has 0 radical (unpaired) electrons. The highest BCUT2D eigenvalue weighted by Crippen LogP contribution is 2.53. The largest absolute Gasteiger partial charge is 0.534 e. The zero-order chi connectivity index (χ0) is 26.0. The van der Waals surface area contributed by atoms with Crippen LogP contribution in [0.4, 0.5) is 13.2 Å². The number of hydrogen-bond acceptors (Lipinski definition) is 6. The van der Waals surface area contributed by atoms with Gasteiger partial charge in [-0.05, 0) is 42.8 Å². The van der Waals surface area contributed by atoms with Crippen LogP contribution >= 0.6 is 0 Å². The Morgan fingerprint density at radius 2 is 1.76 bits per heavy atom. The van der Waals surface area contributed by atoms with Crippen molar-refractivity contribution < 1.29 is 39.7 Å². The summed E-state index contributed by atoms with van der Waals surface area (Å²) in [6.07, 6.45) is 0.647. The van der Waals surface area contributed by atoms with E-state index in [1.165, 1.54) is 7.11 Å². The van der Waals surface area contributed by atoms with Crippen LogP contribution < -0.4 is 0 Å². The van der Waals surface area contributed by atoms with Crippen LogP contribution in [0.5, 0.6) is 0 Å². The zero-order valence-electron chi connectivity index (χ0n) is 21.3. The third kappa shape index (κ3) is 7.19. The molecule has 0 aromatic carbocycles. The van der Waals surface area contributed by atoms with E-state index in [-0.39, 0.29) is 30.3 Å². The number of allylic oxidation sites excluding steroid dienone is 1. The van der Waals surface area contributed by atoms with Crippen LogP contribution in [-0.2, 0) is 28.2 Å². The van der Waals surface area contributed by atoms with Crippen molar-refractivity contribution in [3.05, 3.63) is 12.3 Å². The normalized spacial score (nSPS) is 28.4. The lowest BCUT2D eigenvalue weighted by atomic mass is 9.57. The molecule has 0 amide bonds. The van der Waals surface area contributed by atoms with E-state index in [1.54, 1.807) is 6.92 Å². The summed E-state index contributed by atoms with van der Waals surface area (Å²) in [7, 11) is -6.51. The number of ether oxygens (including phenoxy) is 2. The molecule has 1 aliphatic carbocycles. The maximum atomic E-state index is 13.0. The van der Waals surface area contributed by atoms with Crippen molar-refractivity contribution in [2.24, 2.45) is 23.2 Å². The van der Waals surface area contributed by atoms with Crippen molar-refractivity contribution in [2.45, 2.75) is 84.1 Å². The predicted octanol–water partition coefficient (Wildman–Crippen LogP) is 6.07. The van der Waals surface area contributed by atoms with Gasteiger partial charge in [-0.3, -0.25) is 0 Å². The highest BCUT2D eigenvalue weighted by molar-refractivity contribution is 7.87. The topological polar surface area (TPSA) is 71.1 Å². The van der Waals surface area contributed by atoms with Crippen molar-refractivity contribution >= 4 is 18.4 Å². The first-order chi connectivity index (χ1) is 14.7. The second-order valence-electron chi connectivity index (χ2n) is 11.1. The summed E-state index contributed by atoms with van der Waals surface area (Å²) in [6.45, 7) is 20.0. The molecule has 11 heteroatoms. The molecule has 6 nitrogen and oxygen atoms in total. The highest BCUT2D eigenvalue weighted by Gasteiger charge is 2.54. The number of alkyl halides is 3. The van der Waals surface area contributed by atoms with Gasteiger partial charge in [0.2, 0.25) is 0 Å². The maximum Gasteiger partial charge on any atom is 0.534 e. The van der Waals surface area contributed by atoms with Crippen LogP contribution in [0.25, 0.3) is 0 Å². The van der Waals surface area contributed by atoms with Gasteiger partial charge >= 0.3 is 15.6 Å². The summed E-state index contributed by atoms with van der Waals surface area (Å²) in [5.74, 6) is -0.719. The van der Waals surface area contributed by atoms with Gasteiger partial charge in [0.15, 0.2) is 8.32 Å². The van der Waals surface area contributed by atoms with Gasteiger partial charge in [-0.2, -0.15) is 21.6 Å². The molecule has 0 spiro atoms. The lowest BCUT2D eigenvalue weighted by Crippen LogP contribution is -2.51. The standard InChI is InChI=1S/C22H41F3O6SSi/c1-15-11-16(2)19(18(29-14-28-8)13-30-33(9,10)20(4,5)6)21(7,12-15)17(3)31-32(26,27)22(23,24)25/h15-16,18-19H,3,11-14H2,1-2,4-10H3/t15-,16+,18-,19+,21+/m1/s1. The van der Waals surface area contributed by atoms with Gasteiger partial charge in [-0.25, -0.2) is 0 Å². The van der Waals surface area contributed by atoms with Crippen molar-refractivity contribution in [3.63, 3.8) is 0 Å². The molecule has 1 saturated carbocycles. The van der Waals surface area contributed by atoms with Crippen LogP contribution in [0, 0.1) is 23.2 Å². The molecule has 0 aromatic rings. The second kappa shape index (κ2) is 10.6. The number of rotatable bonds is 10. The monoisotopic (exact) mass is 518 g/mol. The average Bonchev–Trinajstić information content (AvgIpc) is 2.60. The summed E-state index contributed by atoms with van der Waals surface area (Å²) < 4.78 is 84.6. The van der Waals surface area contributed by atoms with Crippen molar-refractivity contribution in [1.82, 2.24) is 0 Å². The van der Waals surface area contributed by atoms with E-state index in [4.69, 9.17) is 13.9 Å². The molecule has 1 rings (SSSR count). The summed E-state index contributed by atoms with van der Waals surface area (Å²) in [5, 5.41) is -0.0533. The maximum absolute atomic E-state index is 13.0. The Hall–Kier alpha value is -0.623. The van der Waals surface area contributed by atoms with Gasteiger partial charge in [-0.15, -0.1) is 0 Å². The summed E-state index contributed by atoms with van der Waals surface area (Å²) >= 11 is 0. The van der Waals surface area contributed by atoms with Crippen LogP contribution in [0.2, 0.25) is 18.1 Å². The Labute approximate surface area is 198 Å². The molecule has 1 aliphatic rings. The Kier molecular flexibility index (Phi) is 9.72. The van der Waals surface area contributed by atoms with Crippen LogP contribution in [0.1, 0.15) is 54.4 Å². The van der Waals surface area contributed by atoms with Crippen LogP contribution in [0.15, 0.2) is 12.3 Å². The first-order valence-electron chi connectivity index (χ1n) is 11.1. The first-order valence-corrected chi connectivity index (χ1v) is 15.5. The van der Waals surface area contributed by atoms with Crippen LogP contribution in [-0.4, -0.2) is 48.9 Å². The van der Waals surface area contributed by atoms with Crippen LogP contribution in [0.3, 0.4) is 0 Å². The zero-order valence-corrected chi connectivity index (χ0v) is 23.2. The molecular formula is C22H41F3O6SSi. The fourth-order valence-electron chi connectivity index (χ4n) is 4.62. The number of halogens is 3. The Bertz CT molecular complexity index is 778. The van der Waals surface area contributed by atoms with E-state index in [9.17, 15) is 21.6 Å². The first kappa shape index (κ1) is 30.4. The fourth-order valence-corrected chi connectivity index (χ4v) is 6.19. The molecule has 0 aromatic heterocycles. The molecule has 0 bridgehead atoms. The van der Waals surface area contributed by atoms with E-state index in [2.05, 4.69) is 44.6 Å². The minimum Gasteiger partial charge on any atom is -0.414 e. The van der Waals surface area contributed by atoms with Gasteiger partial charge < -0.3 is 18.1 Å². The van der Waals surface area contributed by atoms with Crippen molar-refractivity contribution in [2.75, 3.05) is 20.5 Å². The predicted molar refractivity (Wildman–Crippen MR) is 124 cm³/mol. The summed E-state index contributed by atoms with van der Waals surface area (Å²) in [6, 6.07) is 0. The summed E-state index contributed by atoms with van der Waals surface area (Å²) in [4.78, 5) is 0. The third-order valence-corrected chi connectivity index (χ3v) is 12.7. The fraction of sp³-hybridized carbons (Fsp3) is 0.909. The molecule has 0 saturated heterocycles. The average molecular weight is 519 g/mol. The Morgan fingerprint density at radius 1 is 1.21 bits per heavy atom. The smallest absolute Gasteiger partial charge is 0.414 e. The van der Waals surface area contributed by atoms with Gasteiger partial charge in [0.1, 0.15) is 12.6 Å². The van der Waals surface area contributed by atoms with E-state index in [0.29, 0.717) is 6.42 Å². The molecule has 0 heterocycles. The molecule has 33 heavy (non-hydrogen) atoms. The minimum absolute atomic E-state index is 0.0161. The third-order valence-electron chi connectivity index (χ3n) is 7.24. The van der Waals surface area contributed by atoms with E-state index in [0.717, 1.165) is 6.42 Å². The SMILES string of the molecule is C=C(OS(=O)(=O)C(F)(F)F)[C@]1(C)C[C@H](C)C[C@H](C)[C@H]1[C@@H](CO[Si](C)(C)C(C)(C)C)OCOC. The number of hydrogen-bond donors (Lipinski definition) is 0. The van der Waals surface area contributed by atoms with Gasteiger partial charge in [-0.1, -0.05) is 48.1 Å². The lowest BCUT2D eigenvalue weighted by molar-refractivity contribution is -0.146. The van der Waals surface area contributed by atoms with Gasteiger partial charge in [0.25, 0.3) is 0 Å². The van der Waals surface area contributed by atoms with E-state index in [1.807, 2.05) is 13.8 Å². The second-order valence-corrected chi connectivity index (χ2v) is 17.4. The quantitative estimate of drug-likeness (QED) is 0.115. The van der Waals surface area contributed by atoms with Crippen molar-refractivity contribution in [1.29, 1.82) is 0 Å². The van der Waals surface area contributed by atoms with E-state index < -0.39 is 47.1 Å². The Balaban J connectivity index is 3.37. The molecule has 0 aliphatic heterocycles. The van der Waals surface area contributed by atoms with Crippen molar-refractivity contribution in [3.8, 4) is 0 Å². The molecule has 196 valence electrons. The molecule has 1 fully saturated rings. The highest BCUT2D eigenvalue weighted by atomic mass is 32.2. The van der Waals surface area contributed by atoms with Gasteiger partial charge in [0, 0.05) is 18.4 Å². The lowest BCUT2D eigenvalue weighted by Gasteiger charge is -2.51. The Morgan fingerprint density at radius 3 is 2.21 bits per heavy atom.